The van der Waals surface area contributed by atoms with Crippen LogP contribution in [0.25, 0.3) is 0 Å². The van der Waals surface area contributed by atoms with Crippen LogP contribution < -0.4 is 21.5 Å². The van der Waals surface area contributed by atoms with Crippen molar-refractivity contribution in [1.82, 2.24) is 5.32 Å². The Kier molecular flexibility index (Phi) is 6.47. The van der Waals surface area contributed by atoms with Gasteiger partial charge in [-0.05, 0) is 42.7 Å². The molecule has 1 aliphatic carbocycles. The van der Waals surface area contributed by atoms with Gasteiger partial charge in [-0.25, -0.2) is 0 Å². The summed E-state index contributed by atoms with van der Waals surface area (Å²) in [4.78, 5) is 12.4. The molecule has 0 bridgehead atoms. The van der Waals surface area contributed by atoms with Crippen LogP contribution in [0.2, 0.25) is 10.0 Å². The van der Waals surface area contributed by atoms with Crippen molar-refractivity contribution in [3.05, 3.63) is 57.6 Å². The van der Waals surface area contributed by atoms with Crippen molar-refractivity contribution in [3.8, 4) is 5.75 Å². The molecule has 0 heterocycles. The van der Waals surface area contributed by atoms with E-state index in [-0.39, 0.29) is 24.6 Å². The van der Waals surface area contributed by atoms with Gasteiger partial charge in [0.05, 0.1) is 10.7 Å². The molecule has 2 atom stereocenters. The molecule has 1 aliphatic rings. The van der Waals surface area contributed by atoms with Gasteiger partial charge < -0.3 is 21.5 Å². The van der Waals surface area contributed by atoms with Gasteiger partial charge in [-0.15, -0.1) is 0 Å². The van der Waals surface area contributed by atoms with Gasteiger partial charge in [0.25, 0.3) is 5.91 Å². The molecule has 5 nitrogen and oxygen atoms in total. The average molecular weight is 408 g/mol. The summed E-state index contributed by atoms with van der Waals surface area (Å²) in [5.41, 5.74) is 13.9. The SMILES string of the molecule is Nc1cc(Cl)cc(Cl)c1OCc1ccc(C(=O)N[C@H]2CCCC[C@@H]2N)cc1. The molecule has 7 heteroatoms. The number of ether oxygens (including phenoxy) is 1. The lowest BCUT2D eigenvalue weighted by molar-refractivity contribution is 0.0921. The minimum Gasteiger partial charge on any atom is -0.485 e. The average Bonchev–Trinajstić information content (AvgIpc) is 2.63. The van der Waals surface area contributed by atoms with Crippen LogP contribution in [0.15, 0.2) is 36.4 Å². The zero-order valence-electron chi connectivity index (χ0n) is 14.9. The van der Waals surface area contributed by atoms with Gasteiger partial charge in [-0.3, -0.25) is 4.79 Å². The molecule has 0 radical (unpaired) electrons. The van der Waals surface area contributed by atoms with Gasteiger partial charge in [0.2, 0.25) is 0 Å². The second kappa shape index (κ2) is 8.83. The number of rotatable bonds is 5. The normalized spacial score (nSPS) is 19.5. The van der Waals surface area contributed by atoms with Crippen molar-refractivity contribution in [2.75, 3.05) is 5.73 Å². The fourth-order valence-corrected chi connectivity index (χ4v) is 3.79. The Morgan fingerprint density at radius 1 is 1.15 bits per heavy atom. The molecule has 3 rings (SSSR count). The number of carbonyl (C=O) groups excluding carboxylic acids is 1. The fraction of sp³-hybridized carbons (Fsp3) is 0.350. The number of hydrogen-bond donors (Lipinski definition) is 3. The molecule has 0 saturated heterocycles. The van der Waals surface area contributed by atoms with Gasteiger partial charge in [0.15, 0.2) is 5.75 Å². The first-order chi connectivity index (χ1) is 12.9. The summed E-state index contributed by atoms with van der Waals surface area (Å²) in [6.45, 7) is 0.279. The molecular weight excluding hydrogens is 385 g/mol. The molecule has 1 amide bonds. The number of carbonyl (C=O) groups is 1. The number of benzene rings is 2. The third-order valence-corrected chi connectivity index (χ3v) is 5.27. The number of nitrogens with one attached hydrogen (secondary N) is 1. The maximum Gasteiger partial charge on any atom is 0.251 e. The Balaban J connectivity index is 1.59. The van der Waals surface area contributed by atoms with Crippen LogP contribution in [0.3, 0.4) is 0 Å². The van der Waals surface area contributed by atoms with Gasteiger partial charge in [-0.1, -0.05) is 48.2 Å². The monoisotopic (exact) mass is 407 g/mol. The van der Waals surface area contributed by atoms with Crippen LogP contribution in [0.5, 0.6) is 5.75 Å². The lowest BCUT2D eigenvalue weighted by atomic mass is 9.91. The van der Waals surface area contributed by atoms with Gasteiger partial charge in [0.1, 0.15) is 6.61 Å². The maximum atomic E-state index is 12.4. The van der Waals surface area contributed by atoms with Crippen LogP contribution >= 0.6 is 23.2 Å². The van der Waals surface area contributed by atoms with Crippen LogP contribution in [0.4, 0.5) is 5.69 Å². The van der Waals surface area contributed by atoms with E-state index in [1.807, 2.05) is 12.1 Å². The predicted octanol–water partition coefficient (Wildman–Crippen LogP) is 4.15. The minimum atomic E-state index is -0.102. The van der Waals surface area contributed by atoms with Gasteiger partial charge >= 0.3 is 0 Å². The van der Waals surface area contributed by atoms with Gasteiger partial charge in [-0.2, -0.15) is 0 Å². The molecule has 0 spiro atoms. The van der Waals surface area contributed by atoms with Gasteiger partial charge in [0, 0.05) is 22.7 Å². The van der Waals surface area contributed by atoms with Crippen molar-refractivity contribution in [2.24, 2.45) is 5.73 Å². The lowest BCUT2D eigenvalue weighted by Gasteiger charge is -2.29. The van der Waals surface area contributed by atoms with Crippen molar-refractivity contribution in [3.63, 3.8) is 0 Å². The molecule has 144 valence electrons. The molecule has 5 N–H and O–H groups in total. The summed E-state index contributed by atoms with van der Waals surface area (Å²) in [7, 11) is 0. The summed E-state index contributed by atoms with van der Waals surface area (Å²) in [6, 6.07) is 10.5. The van der Waals surface area contributed by atoms with Crippen LogP contribution in [-0.4, -0.2) is 18.0 Å². The van der Waals surface area contributed by atoms with E-state index in [9.17, 15) is 4.79 Å². The van der Waals surface area contributed by atoms with Crippen molar-refractivity contribution < 1.29 is 9.53 Å². The lowest BCUT2D eigenvalue weighted by Crippen LogP contribution is -2.49. The number of halogens is 2. The molecule has 1 fully saturated rings. The quantitative estimate of drug-likeness (QED) is 0.649. The highest BCUT2D eigenvalue weighted by molar-refractivity contribution is 6.36. The van der Waals surface area contributed by atoms with Crippen molar-refractivity contribution in [1.29, 1.82) is 0 Å². The number of amides is 1. The molecule has 0 aromatic heterocycles. The topological polar surface area (TPSA) is 90.4 Å². The number of anilines is 1. The summed E-state index contributed by atoms with van der Waals surface area (Å²) in [6.07, 6.45) is 4.12. The van der Waals surface area contributed by atoms with E-state index >= 15 is 0 Å². The third kappa shape index (κ3) is 5.06. The highest BCUT2D eigenvalue weighted by Crippen LogP contribution is 2.34. The smallest absolute Gasteiger partial charge is 0.251 e. The Hall–Kier alpha value is -1.95. The van der Waals surface area contributed by atoms with E-state index < -0.39 is 0 Å². The molecule has 2 aromatic carbocycles. The van der Waals surface area contributed by atoms with Crippen molar-refractivity contribution in [2.45, 2.75) is 44.4 Å². The molecule has 1 saturated carbocycles. The zero-order chi connectivity index (χ0) is 19.4. The number of hydrogen-bond acceptors (Lipinski definition) is 4. The Morgan fingerprint density at radius 3 is 2.52 bits per heavy atom. The summed E-state index contributed by atoms with van der Waals surface area (Å²) < 4.78 is 5.71. The first kappa shape index (κ1) is 19.8. The number of nitrogen functional groups attached to an aromatic ring is 1. The highest BCUT2D eigenvalue weighted by atomic mass is 35.5. The number of nitrogens with two attached hydrogens (primary N) is 2. The first-order valence-corrected chi connectivity index (χ1v) is 9.72. The van der Waals surface area contributed by atoms with Crippen molar-refractivity contribution >= 4 is 34.8 Å². The Bertz CT molecular complexity index is 788. The van der Waals surface area contributed by atoms with E-state index in [1.54, 1.807) is 24.3 Å². The molecule has 2 aromatic rings. The molecular formula is C20H23Cl2N3O2. The maximum absolute atomic E-state index is 12.4. The second-order valence-corrected chi connectivity index (χ2v) is 7.66. The third-order valence-electron chi connectivity index (χ3n) is 4.77. The Morgan fingerprint density at radius 2 is 1.85 bits per heavy atom. The predicted molar refractivity (Wildman–Crippen MR) is 109 cm³/mol. The first-order valence-electron chi connectivity index (χ1n) is 8.97. The van der Waals surface area contributed by atoms with E-state index in [1.165, 1.54) is 0 Å². The largest absolute Gasteiger partial charge is 0.485 e. The minimum absolute atomic E-state index is 0.0324. The highest BCUT2D eigenvalue weighted by Gasteiger charge is 2.23. The van der Waals surface area contributed by atoms with Crippen LogP contribution in [-0.2, 0) is 6.61 Å². The Labute approximate surface area is 169 Å². The van der Waals surface area contributed by atoms with E-state index in [0.29, 0.717) is 27.0 Å². The summed E-state index contributed by atoms with van der Waals surface area (Å²) in [5.74, 6) is 0.295. The molecule has 27 heavy (non-hydrogen) atoms. The van der Waals surface area contributed by atoms with E-state index in [0.717, 1.165) is 31.2 Å². The van der Waals surface area contributed by atoms with Crippen LogP contribution in [0, 0.1) is 0 Å². The van der Waals surface area contributed by atoms with E-state index in [2.05, 4.69) is 5.32 Å². The second-order valence-electron chi connectivity index (χ2n) is 6.82. The summed E-state index contributed by atoms with van der Waals surface area (Å²) in [5, 5.41) is 3.86. The molecule has 0 aliphatic heterocycles. The zero-order valence-corrected chi connectivity index (χ0v) is 16.4. The standard InChI is InChI=1S/C20H23Cl2N3O2/c21-14-9-15(22)19(17(24)10-14)27-11-12-5-7-13(8-6-12)20(26)25-18-4-2-1-3-16(18)23/h5-10,16,18H,1-4,11,23-24H2,(H,25,26)/t16-,18-/m0/s1. The van der Waals surface area contributed by atoms with E-state index in [4.69, 9.17) is 39.4 Å². The molecule has 0 unspecified atom stereocenters. The summed E-state index contributed by atoms with van der Waals surface area (Å²) >= 11 is 12.0. The van der Waals surface area contributed by atoms with Crippen LogP contribution in [0.1, 0.15) is 41.6 Å². The fourth-order valence-electron chi connectivity index (χ4n) is 3.23.